The molecule has 1 N–H and O–H groups in total. The number of rotatable bonds is 7. The molecule has 4 rings (SSSR count). The van der Waals surface area contributed by atoms with E-state index in [9.17, 15) is 9.59 Å². The van der Waals surface area contributed by atoms with Crippen LogP contribution in [-0.2, 0) is 19.1 Å². The maximum Gasteiger partial charge on any atom is 0.225 e. The van der Waals surface area contributed by atoms with Crippen LogP contribution < -0.4 is 5.32 Å². The molecule has 3 saturated heterocycles. The fourth-order valence-corrected chi connectivity index (χ4v) is 5.19. The maximum absolute atomic E-state index is 12.8. The fraction of sp³-hybridized carbons (Fsp3) is 0.905. The van der Waals surface area contributed by atoms with E-state index in [1.165, 1.54) is 12.8 Å². The van der Waals surface area contributed by atoms with E-state index < -0.39 is 0 Å². The molecule has 0 spiro atoms. The van der Waals surface area contributed by atoms with E-state index in [0.29, 0.717) is 51.8 Å². The summed E-state index contributed by atoms with van der Waals surface area (Å²) in [4.78, 5) is 29.7. The Kier molecular flexibility index (Phi) is 6.23. The van der Waals surface area contributed by atoms with Crippen LogP contribution in [-0.4, -0.2) is 85.8 Å². The standard InChI is InChI=1S/C21H35N3O4/c1-14(2)22-19(25)9-16-12-24(11-15-3-4-15)17-13-28-18(21(16)17)10-20(26)23-5-7-27-8-6-23/h14-18,21H,3-13H2,1-2H3,(H,22,25)/t16-,17-,18+,21-/m1/s1. The van der Waals surface area contributed by atoms with Crippen molar-refractivity contribution in [2.45, 2.75) is 57.7 Å². The minimum absolute atomic E-state index is 0.0682. The van der Waals surface area contributed by atoms with Gasteiger partial charge in [0.05, 0.1) is 32.3 Å². The lowest BCUT2D eigenvalue weighted by Crippen LogP contribution is -2.43. The van der Waals surface area contributed by atoms with Crippen molar-refractivity contribution < 1.29 is 19.1 Å². The lowest BCUT2D eigenvalue weighted by molar-refractivity contribution is -0.138. The van der Waals surface area contributed by atoms with Crippen LogP contribution in [0.5, 0.6) is 0 Å². The van der Waals surface area contributed by atoms with Gasteiger partial charge in [-0.1, -0.05) is 0 Å². The molecule has 28 heavy (non-hydrogen) atoms. The second kappa shape index (κ2) is 8.67. The molecule has 4 atom stereocenters. The summed E-state index contributed by atoms with van der Waals surface area (Å²) in [5.41, 5.74) is 0. The molecule has 3 aliphatic heterocycles. The van der Waals surface area contributed by atoms with Crippen molar-refractivity contribution in [2.24, 2.45) is 17.8 Å². The molecule has 0 unspecified atom stereocenters. The second-order valence-corrected chi connectivity index (χ2v) is 9.30. The maximum atomic E-state index is 12.8. The van der Waals surface area contributed by atoms with Gasteiger partial charge in [0.1, 0.15) is 0 Å². The quantitative estimate of drug-likeness (QED) is 0.695. The third kappa shape index (κ3) is 4.69. The van der Waals surface area contributed by atoms with Gasteiger partial charge in [-0.25, -0.2) is 0 Å². The van der Waals surface area contributed by atoms with Crippen LogP contribution in [0.1, 0.15) is 39.5 Å². The number of ether oxygens (including phenoxy) is 2. The number of morpholine rings is 1. The molecule has 0 aromatic heterocycles. The third-order valence-corrected chi connectivity index (χ3v) is 6.66. The van der Waals surface area contributed by atoms with Gasteiger partial charge in [0.15, 0.2) is 0 Å². The molecular weight excluding hydrogens is 358 g/mol. The number of carbonyl (C=O) groups is 2. The molecule has 1 aliphatic carbocycles. The van der Waals surface area contributed by atoms with Crippen molar-refractivity contribution in [3.8, 4) is 0 Å². The molecule has 0 bridgehead atoms. The SMILES string of the molecule is CC(C)NC(=O)C[C@@H]1CN(CC2CC2)[C@@H]2CO[C@@H](CC(=O)N3CCOCC3)[C@H]12. The van der Waals surface area contributed by atoms with Gasteiger partial charge in [-0.05, 0) is 38.5 Å². The Balaban J connectivity index is 1.41. The number of nitrogens with zero attached hydrogens (tertiary/aromatic N) is 2. The van der Waals surface area contributed by atoms with Crippen LogP contribution in [0.2, 0.25) is 0 Å². The van der Waals surface area contributed by atoms with Gasteiger partial charge in [-0.3, -0.25) is 14.5 Å². The molecule has 4 fully saturated rings. The highest BCUT2D eigenvalue weighted by Crippen LogP contribution is 2.43. The van der Waals surface area contributed by atoms with Crippen LogP contribution in [0, 0.1) is 17.8 Å². The highest BCUT2D eigenvalue weighted by molar-refractivity contribution is 5.77. The van der Waals surface area contributed by atoms with Gasteiger partial charge in [0.2, 0.25) is 11.8 Å². The lowest BCUT2D eigenvalue weighted by atomic mass is 9.84. The molecule has 0 aromatic carbocycles. The number of likely N-dealkylation sites (tertiary alicyclic amines) is 1. The summed E-state index contributed by atoms with van der Waals surface area (Å²) < 4.78 is 11.5. The van der Waals surface area contributed by atoms with E-state index >= 15 is 0 Å². The molecule has 4 aliphatic rings. The number of hydrogen-bond acceptors (Lipinski definition) is 5. The molecule has 1 saturated carbocycles. The summed E-state index contributed by atoms with van der Waals surface area (Å²) >= 11 is 0. The minimum atomic E-state index is -0.0682. The Hall–Kier alpha value is -1.18. The lowest BCUT2D eigenvalue weighted by Gasteiger charge is -2.29. The fourth-order valence-electron chi connectivity index (χ4n) is 5.19. The summed E-state index contributed by atoms with van der Waals surface area (Å²) in [6.45, 7) is 9.36. The van der Waals surface area contributed by atoms with E-state index in [-0.39, 0.29) is 35.8 Å². The molecule has 158 valence electrons. The molecule has 3 heterocycles. The zero-order chi connectivity index (χ0) is 19.7. The van der Waals surface area contributed by atoms with E-state index in [4.69, 9.17) is 9.47 Å². The van der Waals surface area contributed by atoms with Crippen molar-refractivity contribution in [1.82, 2.24) is 15.1 Å². The van der Waals surface area contributed by atoms with Crippen LogP contribution >= 0.6 is 0 Å². The Morgan fingerprint density at radius 2 is 1.89 bits per heavy atom. The number of fused-ring (bicyclic) bond motifs is 1. The number of hydrogen-bond donors (Lipinski definition) is 1. The Bertz CT molecular complexity index is 574. The number of amides is 2. The summed E-state index contributed by atoms with van der Waals surface area (Å²) in [5.74, 6) is 1.66. The van der Waals surface area contributed by atoms with Crippen molar-refractivity contribution >= 4 is 11.8 Å². The smallest absolute Gasteiger partial charge is 0.225 e. The Morgan fingerprint density at radius 3 is 2.57 bits per heavy atom. The van der Waals surface area contributed by atoms with E-state index in [2.05, 4.69) is 10.2 Å². The summed E-state index contributed by atoms with van der Waals surface area (Å²) in [6.07, 6.45) is 3.55. The zero-order valence-corrected chi connectivity index (χ0v) is 17.3. The van der Waals surface area contributed by atoms with Crippen molar-refractivity contribution in [3.63, 3.8) is 0 Å². The van der Waals surface area contributed by atoms with Gasteiger partial charge in [0, 0.05) is 50.6 Å². The molecule has 2 amide bonds. The van der Waals surface area contributed by atoms with Gasteiger partial charge in [-0.2, -0.15) is 0 Å². The average molecular weight is 394 g/mol. The summed E-state index contributed by atoms with van der Waals surface area (Å²) in [7, 11) is 0. The number of carbonyl (C=O) groups excluding carboxylic acids is 2. The van der Waals surface area contributed by atoms with E-state index in [0.717, 1.165) is 19.0 Å². The van der Waals surface area contributed by atoms with Gasteiger partial charge in [0.25, 0.3) is 0 Å². The largest absolute Gasteiger partial charge is 0.378 e. The molecule has 7 heteroatoms. The second-order valence-electron chi connectivity index (χ2n) is 9.30. The van der Waals surface area contributed by atoms with Crippen LogP contribution in [0.4, 0.5) is 0 Å². The van der Waals surface area contributed by atoms with Crippen LogP contribution in [0.15, 0.2) is 0 Å². The topological polar surface area (TPSA) is 71.1 Å². The molecule has 7 nitrogen and oxygen atoms in total. The zero-order valence-electron chi connectivity index (χ0n) is 17.3. The first-order chi connectivity index (χ1) is 13.5. The average Bonchev–Trinajstić information content (AvgIpc) is 3.28. The van der Waals surface area contributed by atoms with Gasteiger partial charge < -0.3 is 19.7 Å². The van der Waals surface area contributed by atoms with E-state index in [1.807, 2.05) is 18.7 Å². The first kappa shape index (κ1) is 20.1. The Morgan fingerprint density at radius 1 is 1.14 bits per heavy atom. The van der Waals surface area contributed by atoms with Crippen LogP contribution in [0.25, 0.3) is 0 Å². The van der Waals surface area contributed by atoms with Crippen LogP contribution in [0.3, 0.4) is 0 Å². The summed E-state index contributed by atoms with van der Waals surface area (Å²) in [6, 6.07) is 0.519. The highest BCUT2D eigenvalue weighted by atomic mass is 16.5. The third-order valence-electron chi connectivity index (χ3n) is 6.66. The monoisotopic (exact) mass is 393 g/mol. The predicted molar refractivity (Wildman–Crippen MR) is 105 cm³/mol. The summed E-state index contributed by atoms with van der Waals surface area (Å²) in [5, 5.41) is 3.04. The first-order valence-electron chi connectivity index (χ1n) is 11.0. The molecule has 0 radical (unpaired) electrons. The Labute approximate surface area is 168 Å². The number of nitrogens with one attached hydrogen (secondary N) is 1. The normalized spacial score (nSPS) is 33.3. The van der Waals surface area contributed by atoms with Crippen molar-refractivity contribution in [2.75, 3.05) is 46.0 Å². The molecular formula is C21H35N3O4. The van der Waals surface area contributed by atoms with Crippen molar-refractivity contribution in [1.29, 1.82) is 0 Å². The van der Waals surface area contributed by atoms with E-state index in [1.54, 1.807) is 0 Å². The van der Waals surface area contributed by atoms with Gasteiger partial charge >= 0.3 is 0 Å². The van der Waals surface area contributed by atoms with Crippen molar-refractivity contribution in [3.05, 3.63) is 0 Å². The molecule has 0 aromatic rings. The van der Waals surface area contributed by atoms with Gasteiger partial charge in [-0.15, -0.1) is 0 Å². The minimum Gasteiger partial charge on any atom is -0.378 e. The highest BCUT2D eigenvalue weighted by Gasteiger charge is 2.52. The first-order valence-corrected chi connectivity index (χ1v) is 11.0. The predicted octanol–water partition coefficient (Wildman–Crippen LogP) is 0.875.